The summed E-state index contributed by atoms with van der Waals surface area (Å²) in [6.45, 7) is 4.21. The van der Waals surface area contributed by atoms with Gasteiger partial charge in [-0.3, -0.25) is 4.68 Å². The Labute approximate surface area is 60.8 Å². The van der Waals surface area contributed by atoms with Crippen molar-refractivity contribution >= 4 is 5.82 Å². The third-order valence-electron chi connectivity index (χ3n) is 1.51. The molecular weight excluding hydrogens is 126 g/mol. The highest BCUT2D eigenvalue weighted by molar-refractivity contribution is 5.39. The molecule has 1 rings (SSSR count). The number of rotatable bonds is 1. The smallest absolute Gasteiger partial charge is 0.148 e. The maximum atomic E-state index is 5.61. The maximum absolute atomic E-state index is 5.61. The van der Waals surface area contributed by atoms with Crippen molar-refractivity contribution < 1.29 is 0 Å². The SMILES string of the molecule is CC(C)c1cn(C)nc1N. The second-order valence-electron chi connectivity index (χ2n) is 2.80. The van der Waals surface area contributed by atoms with Crippen LogP contribution in [0.25, 0.3) is 0 Å². The van der Waals surface area contributed by atoms with E-state index in [1.54, 1.807) is 4.68 Å². The average molecular weight is 139 g/mol. The number of nitrogen functional groups attached to an aromatic ring is 1. The van der Waals surface area contributed by atoms with Gasteiger partial charge < -0.3 is 5.73 Å². The highest BCUT2D eigenvalue weighted by Gasteiger charge is 2.06. The van der Waals surface area contributed by atoms with E-state index in [-0.39, 0.29) is 0 Å². The van der Waals surface area contributed by atoms with Gasteiger partial charge in [0.2, 0.25) is 0 Å². The number of hydrogen-bond donors (Lipinski definition) is 1. The van der Waals surface area contributed by atoms with E-state index in [0.717, 1.165) is 5.56 Å². The van der Waals surface area contributed by atoms with Crippen molar-refractivity contribution in [3.05, 3.63) is 11.8 Å². The Morgan fingerprint density at radius 2 is 2.20 bits per heavy atom. The lowest BCUT2D eigenvalue weighted by atomic mass is 10.1. The lowest BCUT2D eigenvalue weighted by molar-refractivity contribution is 0.767. The first-order valence-electron chi connectivity index (χ1n) is 3.40. The van der Waals surface area contributed by atoms with Crippen molar-refractivity contribution in [3.8, 4) is 0 Å². The number of aromatic nitrogens is 2. The van der Waals surface area contributed by atoms with Gasteiger partial charge in [0.1, 0.15) is 5.82 Å². The summed E-state index contributed by atoms with van der Waals surface area (Å²) in [5, 5.41) is 4.03. The molecule has 3 nitrogen and oxygen atoms in total. The summed E-state index contributed by atoms with van der Waals surface area (Å²) < 4.78 is 1.74. The van der Waals surface area contributed by atoms with Gasteiger partial charge in [-0.15, -0.1) is 0 Å². The summed E-state index contributed by atoms with van der Waals surface area (Å²) in [4.78, 5) is 0. The molecule has 0 aliphatic carbocycles. The van der Waals surface area contributed by atoms with Crippen LogP contribution in [0.2, 0.25) is 0 Å². The van der Waals surface area contributed by atoms with E-state index in [9.17, 15) is 0 Å². The van der Waals surface area contributed by atoms with Crippen molar-refractivity contribution in [3.63, 3.8) is 0 Å². The van der Waals surface area contributed by atoms with Gasteiger partial charge in [0.15, 0.2) is 0 Å². The van der Waals surface area contributed by atoms with E-state index in [1.165, 1.54) is 0 Å². The van der Waals surface area contributed by atoms with Gasteiger partial charge in [-0.2, -0.15) is 5.10 Å². The minimum absolute atomic E-state index is 0.466. The zero-order valence-corrected chi connectivity index (χ0v) is 6.63. The van der Waals surface area contributed by atoms with Crippen LogP contribution in [-0.4, -0.2) is 9.78 Å². The fourth-order valence-corrected chi connectivity index (χ4v) is 0.969. The first-order chi connectivity index (χ1) is 4.61. The summed E-state index contributed by atoms with van der Waals surface area (Å²) in [5.41, 5.74) is 6.74. The van der Waals surface area contributed by atoms with Crippen molar-refractivity contribution in [1.82, 2.24) is 9.78 Å². The molecule has 0 bridgehead atoms. The predicted octanol–water partition coefficient (Wildman–Crippen LogP) is 1.13. The molecule has 3 heteroatoms. The van der Waals surface area contributed by atoms with E-state index in [4.69, 9.17) is 5.73 Å². The van der Waals surface area contributed by atoms with Crippen LogP contribution in [0.5, 0.6) is 0 Å². The van der Waals surface area contributed by atoms with Crippen LogP contribution >= 0.6 is 0 Å². The molecule has 0 atom stereocenters. The molecule has 0 saturated heterocycles. The first-order valence-corrected chi connectivity index (χ1v) is 3.40. The van der Waals surface area contributed by atoms with Crippen LogP contribution in [0.1, 0.15) is 25.3 Å². The van der Waals surface area contributed by atoms with Gasteiger partial charge in [-0.25, -0.2) is 0 Å². The highest BCUT2D eigenvalue weighted by atomic mass is 15.3. The third kappa shape index (κ3) is 1.12. The van der Waals surface area contributed by atoms with Crippen molar-refractivity contribution in [1.29, 1.82) is 0 Å². The van der Waals surface area contributed by atoms with E-state index < -0.39 is 0 Å². The van der Waals surface area contributed by atoms with Gasteiger partial charge in [0.05, 0.1) is 0 Å². The lowest BCUT2D eigenvalue weighted by Gasteiger charge is -1.98. The van der Waals surface area contributed by atoms with Crippen LogP contribution in [0.3, 0.4) is 0 Å². The van der Waals surface area contributed by atoms with E-state index >= 15 is 0 Å². The number of aryl methyl sites for hydroxylation is 1. The van der Waals surface area contributed by atoms with Crippen LogP contribution in [0.15, 0.2) is 6.20 Å². The lowest BCUT2D eigenvalue weighted by Crippen LogP contribution is -1.93. The molecule has 0 saturated carbocycles. The minimum Gasteiger partial charge on any atom is -0.382 e. The molecule has 0 radical (unpaired) electrons. The Morgan fingerprint density at radius 3 is 2.40 bits per heavy atom. The molecule has 0 fully saturated rings. The van der Waals surface area contributed by atoms with Crippen LogP contribution < -0.4 is 5.73 Å². The third-order valence-corrected chi connectivity index (χ3v) is 1.51. The van der Waals surface area contributed by atoms with E-state index in [1.807, 2.05) is 13.2 Å². The molecule has 0 unspecified atom stereocenters. The molecular formula is C7H13N3. The summed E-state index contributed by atoms with van der Waals surface area (Å²) in [6, 6.07) is 0. The summed E-state index contributed by atoms with van der Waals surface area (Å²) in [7, 11) is 1.88. The molecule has 1 aromatic heterocycles. The number of anilines is 1. The number of nitrogens with zero attached hydrogens (tertiary/aromatic N) is 2. The average Bonchev–Trinajstić information content (AvgIpc) is 2.10. The van der Waals surface area contributed by atoms with Gasteiger partial charge in [0.25, 0.3) is 0 Å². The zero-order chi connectivity index (χ0) is 7.72. The normalized spacial score (nSPS) is 10.8. The molecule has 1 heterocycles. The Bertz CT molecular complexity index is 225. The van der Waals surface area contributed by atoms with Crippen LogP contribution in [-0.2, 0) is 7.05 Å². The largest absolute Gasteiger partial charge is 0.382 e. The zero-order valence-electron chi connectivity index (χ0n) is 6.63. The second kappa shape index (κ2) is 2.33. The fourth-order valence-electron chi connectivity index (χ4n) is 0.969. The highest BCUT2D eigenvalue weighted by Crippen LogP contribution is 2.18. The van der Waals surface area contributed by atoms with E-state index in [2.05, 4.69) is 18.9 Å². The summed E-state index contributed by atoms with van der Waals surface area (Å²) in [6.07, 6.45) is 1.96. The molecule has 2 N–H and O–H groups in total. The van der Waals surface area contributed by atoms with Crippen molar-refractivity contribution in [2.45, 2.75) is 19.8 Å². The molecule has 0 spiro atoms. The van der Waals surface area contributed by atoms with Gasteiger partial charge in [0, 0.05) is 18.8 Å². The minimum atomic E-state index is 0.466. The topological polar surface area (TPSA) is 43.8 Å². The quantitative estimate of drug-likeness (QED) is 0.633. The van der Waals surface area contributed by atoms with Gasteiger partial charge in [-0.1, -0.05) is 13.8 Å². The second-order valence-corrected chi connectivity index (χ2v) is 2.80. The van der Waals surface area contributed by atoms with Crippen molar-refractivity contribution in [2.75, 3.05) is 5.73 Å². The molecule has 56 valence electrons. The van der Waals surface area contributed by atoms with Crippen molar-refractivity contribution in [2.24, 2.45) is 7.05 Å². The Balaban J connectivity index is 3.03. The Hall–Kier alpha value is -0.990. The predicted molar refractivity (Wildman–Crippen MR) is 41.7 cm³/mol. The van der Waals surface area contributed by atoms with Crippen LogP contribution in [0, 0.1) is 0 Å². The monoisotopic (exact) mass is 139 g/mol. The molecule has 0 amide bonds. The molecule has 1 aromatic rings. The van der Waals surface area contributed by atoms with Gasteiger partial charge >= 0.3 is 0 Å². The molecule has 10 heavy (non-hydrogen) atoms. The Kier molecular flexibility index (Phi) is 1.66. The summed E-state index contributed by atoms with van der Waals surface area (Å²) in [5.74, 6) is 1.12. The van der Waals surface area contributed by atoms with Gasteiger partial charge in [-0.05, 0) is 5.92 Å². The summed E-state index contributed by atoms with van der Waals surface area (Å²) >= 11 is 0. The standard InChI is InChI=1S/C7H13N3/c1-5(2)6-4-10(3)9-7(6)8/h4-5H,1-3H3,(H2,8,9). The number of nitrogens with two attached hydrogens (primary N) is 1. The first kappa shape index (κ1) is 7.12. The number of hydrogen-bond acceptors (Lipinski definition) is 2. The Morgan fingerprint density at radius 1 is 1.60 bits per heavy atom. The van der Waals surface area contributed by atoms with E-state index in [0.29, 0.717) is 11.7 Å². The molecule has 0 aliphatic heterocycles. The molecule has 0 aromatic carbocycles. The molecule has 0 aliphatic rings. The fraction of sp³-hybridized carbons (Fsp3) is 0.571. The van der Waals surface area contributed by atoms with Crippen LogP contribution in [0.4, 0.5) is 5.82 Å². The maximum Gasteiger partial charge on any atom is 0.148 e.